The predicted octanol–water partition coefficient (Wildman–Crippen LogP) is 6.82. The van der Waals surface area contributed by atoms with Crippen LogP contribution in [0.3, 0.4) is 0 Å². The normalized spacial score (nSPS) is 22.9. The molecule has 0 saturated heterocycles. The van der Waals surface area contributed by atoms with Gasteiger partial charge in [-0.15, -0.1) is 0 Å². The molecule has 1 aromatic carbocycles. The molecule has 1 fully saturated rings. The Morgan fingerprint density at radius 2 is 1.92 bits per heavy atom. The van der Waals surface area contributed by atoms with Gasteiger partial charge in [0.1, 0.15) is 6.10 Å². The summed E-state index contributed by atoms with van der Waals surface area (Å²) in [5.41, 5.74) is 2.95. The van der Waals surface area contributed by atoms with E-state index in [4.69, 9.17) is 4.74 Å². The Labute approximate surface area is 159 Å². The second kappa shape index (κ2) is 7.06. The third-order valence-corrected chi connectivity index (χ3v) is 5.57. The minimum atomic E-state index is -0.354. The van der Waals surface area contributed by atoms with Gasteiger partial charge < -0.3 is 4.74 Å². The van der Waals surface area contributed by atoms with E-state index in [2.05, 4.69) is 53.3 Å². The SMILES string of the molecule is C=Cc1ccc(C(C)OC(=O)C2(CC(C)(C)C)CC2(C)C)cc1/C=C\C. The molecule has 2 atom stereocenters. The number of esters is 1. The highest BCUT2D eigenvalue weighted by atomic mass is 16.5. The van der Waals surface area contributed by atoms with Gasteiger partial charge in [-0.3, -0.25) is 4.79 Å². The molecule has 0 heterocycles. The van der Waals surface area contributed by atoms with Crippen LogP contribution in [-0.2, 0) is 9.53 Å². The van der Waals surface area contributed by atoms with Gasteiger partial charge in [-0.2, -0.15) is 0 Å². The molecule has 0 aliphatic heterocycles. The molecule has 0 aromatic heterocycles. The number of carbonyl (C=O) groups excluding carboxylic acids is 1. The first-order chi connectivity index (χ1) is 12.0. The van der Waals surface area contributed by atoms with E-state index in [-0.39, 0.29) is 28.3 Å². The number of ether oxygens (including phenoxy) is 1. The Morgan fingerprint density at radius 1 is 1.31 bits per heavy atom. The van der Waals surface area contributed by atoms with E-state index in [1.165, 1.54) is 0 Å². The van der Waals surface area contributed by atoms with Gasteiger partial charge in [0.05, 0.1) is 5.41 Å². The van der Waals surface area contributed by atoms with E-state index >= 15 is 0 Å². The number of carbonyl (C=O) groups is 1. The molecule has 0 spiro atoms. The molecule has 2 unspecified atom stereocenters. The lowest BCUT2D eigenvalue weighted by Crippen LogP contribution is -2.29. The minimum absolute atomic E-state index is 0.0138. The van der Waals surface area contributed by atoms with Crippen molar-refractivity contribution < 1.29 is 9.53 Å². The topological polar surface area (TPSA) is 26.3 Å². The monoisotopic (exact) mass is 354 g/mol. The first-order valence-corrected chi connectivity index (χ1v) is 9.56. The van der Waals surface area contributed by atoms with Gasteiger partial charge in [0, 0.05) is 0 Å². The molecule has 1 aromatic rings. The molecule has 1 aliphatic rings. The van der Waals surface area contributed by atoms with Crippen LogP contribution in [0.15, 0.2) is 30.9 Å². The Hall–Kier alpha value is -1.83. The van der Waals surface area contributed by atoms with Crippen LogP contribution >= 0.6 is 0 Å². The van der Waals surface area contributed by atoms with E-state index in [0.717, 1.165) is 29.5 Å². The minimum Gasteiger partial charge on any atom is -0.457 e. The van der Waals surface area contributed by atoms with Crippen molar-refractivity contribution in [1.29, 1.82) is 0 Å². The molecule has 2 rings (SSSR count). The maximum atomic E-state index is 13.1. The fraction of sp³-hybridized carbons (Fsp3) is 0.542. The molecule has 142 valence electrons. The Bertz CT molecular complexity index is 718. The zero-order valence-corrected chi connectivity index (χ0v) is 17.5. The van der Waals surface area contributed by atoms with Crippen LogP contribution < -0.4 is 0 Å². The number of rotatable bonds is 6. The van der Waals surface area contributed by atoms with E-state index in [0.29, 0.717) is 0 Å². The average Bonchev–Trinajstić information content (AvgIpc) is 3.07. The summed E-state index contributed by atoms with van der Waals surface area (Å²) in [6.45, 7) is 18.7. The summed E-state index contributed by atoms with van der Waals surface area (Å²) in [6.07, 6.45) is 7.41. The third-order valence-electron chi connectivity index (χ3n) is 5.57. The van der Waals surface area contributed by atoms with Crippen molar-refractivity contribution in [2.45, 2.75) is 67.4 Å². The predicted molar refractivity (Wildman–Crippen MR) is 111 cm³/mol. The van der Waals surface area contributed by atoms with E-state index < -0.39 is 0 Å². The largest absolute Gasteiger partial charge is 0.457 e. The summed E-state index contributed by atoms with van der Waals surface area (Å²) in [5.74, 6) is -0.0506. The van der Waals surface area contributed by atoms with Crippen molar-refractivity contribution in [1.82, 2.24) is 0 Å². The molecule has 0 bridgehead atoms. The van der Waals surface area contributed by atoms with Crippen molar-refractivity contribution in [2.75, 3.05) is 0 Å². The van der Waals surface area contributed by atoms with Crippen LogP contribution in [-0.4, -0.2) is 5.97 Å². The van der Waals surface area contributed by atoms with Crippen molar-refractivity contribution in [2.24, 2.45) is 16.2 Å². The Morgan fingerprint density at radius 3 is 2.38 bits per heavy atom. The zero-order valence-electron chi connectivity index (χ0n) is 17.5. The lowest BCUT2D eigenvalue weighted by molar-refractivity contribution is -0.158. The van der Waals surface area contributed by atoms with Crippen LogP contribution in [0.2, 0.25) is 0 Å². The standard InChI is InChI=1S/C24H34O2/c1-9-11-20-14-19(13-12-18(20)10-2)17(3)26-21(25)24(15-22(4,5)6)16-23(24,7)8/h9-14,17H,2,15-16H2,1,3-8H3/b11-9-. The van der Waals surface area contributed by atoms with Crippen molar-refractivity contribution in [3.63, 3.8) is 0 Å². The highest BCUT2D eigenvalue weighted by Gasteiger charge is 2.68. The average molecular weight is 355 g/mol. The molecule has 2 nitrogen and oxygen atoms in total. The fourth-order valence-corrected chi connectivity index (χ4v) is 4.04. The maximum absolute atomic E-state index is 13.1. The van der Waals surface area contributed by atoms with Crippen molar-refractivity contribution in [3.05, 3.63) is 47.5 Å². The highest BCUT2D eigenvalue weighted by molar-refractivity contribution is 5.82. The lowest BCUT2D eigenvalue weighted by atomic mass is 9.79. The summed E-state index contributed by atoms with van der Waals surface area (Å²) in [7, 11) is 0. The Kier molecular flexibility index (Phi) is 5.56. The zero-order chi connectivity index (χ0) is 19.8. The quantitative estimate of drug-likeness (QED) is 0.524. The first-order valence-electron chi connectivity index (χ1n) is 9.56. The van der Waals surface area contributed by atoms with Gasteiger partial charge in [0.25, 0.3) is 0 Å². The van der Waals surface area contributed by atoms with E-state index in [1.54, 1.807) is 0 Å². The van der Waals surface area contributed by atoms with Crippen molar-refractivity contribution in [3.8, 4) is 0 Å². The third kappa shape index (κ3) is 4.11. The van der Waals surface area contributed by atoms with E-state index in [9.17, 15) is 4.79 Å². The molecule has 0 radical (unpaired) electrons. The molecule has 1 saturated carbocycles. The van der Waals surface area contributed by atoms with Crippen LogP contribution in [0.25, 0.3) is 12.2 Å². The summed E-state index contributed by atoms with van der Waals surface area (Å²) >= 11 is 0. The second-order valence-electron chi connectivity index (χ2n) is 9.52. The number of hydrogen-bond donors (Lipinski definition) is 0. The van der Waals surface area contributed by atoms with Gasteiger partial charge in [0.2, 0.25) is 0 Å². The van der Waals surface area contributed by atoms with Crippen LogP contribution in [0.4, 0.5) is 0 Å². The van der Waals surface area contributed by atoms with Crippen molar-refractivity contribution >= 4 is 18.1 Å². The Balaban J connectivity index is 2.21. The maximum Gasteiger partial charge on any atom is 0.313 e. The van der Waals surface area contributed by atoms with Gasteiger partial charge in [-0.25, -0.2) is 0 Å². The summed E-state index contributed by atoms with van der Waals surface area (Å²) in [4.78, 5) is 13.1. The van der Waals surface area contributed by atoms with Gasteiger partial charge in [-0.1, -0.05) is 71.6 Å². The second-order valence-corrected chi connectivity index (χ2v) is 9.52. The molecule has 26 heavy (non-hydrogen) atoms. The van der Waals surface area contributed by atoms with Gasteiger partial charge in [0.15, 0.2) is 0 Å². The first kappa shape index (κ1) is 20.5. The molecular formula is C24H34O2. The van der Waals surface area contributed by atoms with Gasteiger partial charge >= 0.3 is 5.97 Å². The van der Waals surface area contributed by atoms with Crippen LogP contribution in [0, 0.1) is 16.2 Å². The smallest absolute Gasteiger partial charge is 0.313 e. The number of allylic oxidation sites excluding steroid dienone is 1. The van der Waals surface area contributed by atoms with E-state index in [1.807, 2.05) is 38.1 Å². The summed E-state index contributed by atoms with van der Waals surface area (Å²) in [5, 5.41) is 0. The van der Waals surface area contributed by atoms with Gasteiger partial charge in [-0.05, 0) is 60.3 Å². The molecule has 0 N–H and O–H groups in total. The molecule has 1 aliphatic carbocycles. The summed E-state index contributed by atoms with van der Waals surface area (Å²) < 4.78 is 5.96. The fourth-order valence-electron chi connectivity index (χ4n) is 4.04. The van der Waals surface area contributed by atoms with Crippen LogP contribution in [0.5, 0.6) is 0 Å². The number of benzene rings is 1. The highest BCUT2D eigenvalue weighted by Crippen LogP contribution is 2.68. The molecular weight excluding hydrogens is 320 g/mol. The molecule has 0 amide bonds. The summed E-state index contributed by atoms with van der Waals surface area (Å²) in [6, 6.07) is 6.15. The number of hydrogen-bond acceptors (Lipinski definition) is 2. The molecule has 2 heteroatoms. The lowest BCUT2D eigenvalue weighted by Gasteiger charge is -2.29. The van der Waals surface area contributed by atoms with Crippen LogP contribution in [0.1, 0.15) is 84.1 Å².